The Morgan fingerprint density at radius 1 is 1.09 bits per heavy atom. The van der Waals surface area contributed by atoms with Crippen molar-refractivity contribution in [3.63, 3.8) is 0 Å². The van der Waals surface area contributed by atoms with Crippen molar-refractivity contribution in [2.24, 2.45) is 11.7 Å². The Labute approximate surface area is 259 Å². The molecule has 2 aromatic rings. The lowest BCUT2D eigenvalue weighted by atomic mass is 9.85. The fourth-order valence-electron chi connectivity index (χ4n) is 6.39. The highest BCUT2D eigenvalue weighted by atomic mass is 32.2. The van der Waals surface area contributed by atoms with E-state index in [9.17, 15) is 40.4 Å². The number of ether oxygens (including phenoxy) is 1. The normalized spacial score (nSPS) is 21.1. The molecule has 45 heavy (non-hydrogen) atoms. The fraction of sp³-hybridized carbons (Fsp3) is 0.548. The molecule has 14 heteroatoms. The quantitative estimate of drug-likeness (QED) is 0.319. The summed E-state index contributed by atoms with van der Waals surface area (Å²) in [6.45, 7) is -0.889. The topological polar surface area (TPSA) is 117 Å². The number of hydrogen-bond donors (Lipinski definition) is 1. The van der Waals surface area contributed by atoms with Gasteiger partial charge in [0, 0.05) is 36.2 Å². The molecule has 0 bridgehead atoms. The third kappa shape index (κ3) is 8.31. The van der Waals surface area contributed by atoms with Crippen LogP contribution in [0.15, 0.2) is 47.4 Å². The molecular formula is C31H37F5N4O4S. The summed E-state index contributed by atoms with van der Waals surface area (Å²) in [5, 5.41) is 9.70. The largest absolute Gasteiger partial charge is 0.391 e. The molecule has 3 atom stereocenters. The molecule has 2 aliphatic heterocycles. The number of amides is 1. The number of anilines is 1. The monoisotopic (exact) mass is 656 g/mol. The predicted octanol–water partition coefficient (Wildman–Crippen LogP) is 5.48. The van der Waals surface area contributed by atoms with Crippen molar-refractivity contribution >= 4 is 21.4 Å². The first-order valence-electron chi connectivity index (χ1n) is 14.9. The number of hydrogen-bond acceptors (Lipinski definition) is 7. The maximum Gasteiger partial charge on any atom is 0.391 e. The average Bonchev–Trinajstić information content (AvgIpc) is 3.02. The third-order valence-corrected chi connectivity index (χ3v) is 10.7. The minimum Gasteiger partial charge on any atom is -0.366 e. The van der Waals surface area contributed by atoms with Gasteiger partial charge in [-0.15, -0.1) is 0 Å². The van der Waals surface area contributed by atoms with Crippen molar-refractivity contribution in [2.75, 3.05) is 36.9 Å². The number of carbonyl (C=O) groups excluding carboxylic acids is 1. The van der Waals surface area contributed by atoms with Crippen LogP contribution in [0.2, 0.25) is 0 Å². The van der Waals surface area contributed by atoms with Gasteiger partial charge in [-0.1, -0.05) is 19.1 Å². The van der Waals surface area contributed by atoms with E-state index in [-0.39, 0.29) is 61.2 Å². The number of nitrogens with zero attached hydrogens (tertiary/aromatic N) is 3. The molecule has 246 valence electrons. The van der Waals surface area contributed by atoms with Crippen LogP contribution in [0.5, 0.6) is 0 Å². The van der Waals surface area contributed by atoms with E-state index in [1.807, 2.05) is 9.80 Å². The summed E-state index contributed by atoms with van der Waals surface area (Å²) in [6.07, 6.45) is -3.31. The lowest BCUT2D eigenvalue weighted by Gasteiger charge is -2.46. The second-order valence-electron chi connectivity index (χ2n) is 11.5. The second kappa shape index (κ2) is 14.4. The number of sulfone groups is 1. The van der Waals surface area contributed by atoms with Gasteiger partial charge in [0.2, 0.25) is 5.91 Å². The van der Waals surface area contributed by atoms with Gasteiger partial charge in [-0.3, -0.25) is 9.69 Å². The number of rotatable bonds is 11. The molecule has 2 aliphatic rings. The molecule has 1 amide bonds. The summed E-state index contributed by atoms with van der Waals surface area (Å²) >= 11 is 0. The molecule has 0 radical (unpaired) electrons. The summed E-state index contributed by atoms with van der Waals surface area (Å²) in [5.74, 6) is -2.85. The molecule has 0 unspecified atom stereocenters. The zero-order valence-corrected chi connectivity index (χ0v) is 25.7. The van der Waals surface area contributed by atoms with Crippen LogP contribution in [0.3, 0.4) is 0 Å². The van der Waals surface area contributed by atoms with Gasteiger partial charge in [-0.05, 0) is 80.2 Å². The van der Waals surface area contributed by atoms with Crippen molar-refractivity contribution in [3.05, 3.63) is 59.2 Å². The Balaban J connectivity index is 1.69. The van der Waals surface area contributed by atoms with Crippen LogP contribution < -0.4 is 10.6 Å². The summed E-state index contributed by atoms with van der Waals surface area (Å²) in [6, 6.07) is 12.4. The van der Waals surface area contributed by atoms with E-state index < -0.39 is 46.4 Å². The van der Waals surface area contributed by atoms with Gasteiger partial charge in [-0.2, -0.15) is 27.2 Å². The van der Waals surface area contributed by atoms with Gasteiger partial charge in [0.1, 0.15) is 0 Å². The number of piperidine rings is 2. The Kier molecular flexibility index (Phi) is 11.1. The Bertz CT molecular complexity index is 1470. The third-order valence-electron chi connectivity index (χ3n) is 8.93. The van der Waals surface area contributed by atoms with Gasteiger partial charge in [0.25, 0.3) is 0 Å². The highest BCUT2D eigenvalue weighted by Gasteiger charge is 2.43. The molecule has 0 aliphatic carbocycles. The molecule has 2 saturated heterocycles. The van der Waals surface area contributed by atoms with Crippen LogP contribution >= 0.6 is 0 Å². The van der Waals surface area contributed by atoms with E-state index in [2.05, 4.69) is 10.8 Å². The van der Waals surface area contributed by atoms with E-state index in [1.165, 1.54) is 25.1 Å². The highest BCUT2D eigenvalue weighted by Crippen LogP contribution is 2.38. The summed E-state index contributed by atoms with van der Waals surface area (Å²) in [7, 11) is -3.47. The van der Waals surface area contributed by atoms with Crippen LogP contribution in [0, 0.1) is 17.2 Å². The van der Waals surface area contributed by atoms with Crippen molar-refractivity contribution in [1.82, 2.24) is 4.90 Å². The SMILES string of the molecule is CCS(=O)(=O)c1ccc([C@H](CC#N)c2cc(N3C[C@H](N4CCC(C(F)(F)F)CC4)CC[C@H]3COC(F)F)ccc2C(N)=O)cc1. The molecule has 2 heterocycles. The Hall–Kier alpha value is -3.28. The number of halogens is 5. The van der Waals surface area contributed by atoms with Gasteiger partial charge in [0.05, 0.1) is 35.3 Å². The molecule has 2 aromatic carbocycles. The first-order chi connectivity index (χ1) is 21.2. The van der Waals surface area contributed by atoms with E-state index in [1.54, 1.807) is 24.3 Å². The van der Waals surface area contributed by atoms with Crippen LogP contribution in [-0.4, -0.2) is 76.1 Å². The number of carbonyl (C=O) groups is 1. The second-order valence-corrected chi connectivity index (χ2v) is 13.8. The van der Waals surface area contributed by atoms with Gasteiger partial charge in [-0.25, -0.2) is 8.42 Å². The maximum absolute atomic E-state index is 13.3. The smallest absolute Gasteiger partial charge is 0.366 e. The number of benzene rings is 2. The van der Waals surface area contributed by atoms with Crippen LogP contribution in [-0.2, 0) is 14.6 Å². The van der Waals surface area contributed by atoms with Gasteiger partial charge >= 0.3 is 12.8 Å². The van der Waals surface area contributed by atoms with Crippen LogP contribution in [0.4, 0.5) is 27.6 Å². The summed E-state index contributed by atoms with van der Waals surface area (Å²) in [4.78, 5) is 16.5. The van der Waals surface area contributed by atoms with E-state index >= 15 is 0 Å². The van der Waals surface area contributed by atoms with Crippen molar-refractivity contribution in [2.45, 2.75) is 74.7 Å². The van der Waals surface area contributed by atoms with Crippen LogP contribution in [0.1, 0.15) is 66.4 Å². The molecule has 2 fully saturated rings. The number of primary amides is 1. The summed E-state index contributed by atoms with van der Waals surface area (Å²) in [5.41, 5.74) is 7.41. The van der Waals surface area contributed by atoms with Gasteiger partial charge < -0.3 is 15.4 Å². The van der Waals surface area contributed by atoms with Crippen molar-refractivity contribution in [1.29, 1.82) is 5.26 Å². The molecule has 4 rings (SSSR count). The Morgan fingerprint density at radius 3 is 2.31 bits per heavy atom. The first kappa shape index (κ1) is 34.6. The molecule has 0 spiro atoms. The highest BCUT2D eigenvalue weighted by molar-refractivity contribution is 7.91. The minimum atomic E-state index is -4.24. The number of nitriles is 1. The lowest BCUT2D eigenvalue weighted by molar-refractivity contribution is -0.186. The van der Waals surface area contributed by atoms with Crippen LogP contribution in [0.25, 0.3) is 0 Å². The zero-order chi connectivity index (χ0) is 32.9. The van der Waals surface area contributed by atoms with Crippen molar-refractivity contribution < 1.29 is 39.9 Å². The minimum absolute atomic E-state index is 0.0104. The molecule has 8 nitrogen and oxygen atoms in total. The molecule has 0 aromatic heterocycles. The van der Waals surface area contributed by atoms with Crippen molar-refractivity contribution in [3.8, 4) is 6.07 Å². The maximum atomic E-state index is 13.3. The number of likely N-dealkylation sites (tertiary alicyclic amines) is 1. The number of alkyl halides is 5. The predicted molar refractivity (Wildman–Crippen MR) is 158 cm³/mol. The Morgan fingerprint density at radius 2 is 1.76 bits per heavy atom. The summed E-state index contributed by atoms with van der Waals surface area (Å²) < 4.78 is 95.3. The van der Waals surface area contributed by atoms with E-state index in [0.29, 0.717) is 36.2 Å². The number of nitrogens with two attached hydrogens (primary N) is 1. The van der Waals surface area contributed by atoms with Gasteiger partial charge in [0.15, 0.2) is 9.84 Å². The molecular weight excluding hydrogens is 619 g/mol. The molecule has 0 saturated carbocycles. The zero-order valence-electron chi connectivity index (χ0n) is 24.8. The fourth-order valence-corrected chi connectivity index (χ4v) is 7.27. The average molecular weight is 657 g/mol. The first-order valence-corrected chi connectivity index (χ1v) is 16.5. The van der Waals surface area contributed by atoms with E-state index in [0.717, 1.165) is 0 Å². The van der Waals surface area contributed by atoms with E-state index in [4.69, 9.17) is 5.73 Å². The lowest BCUT2D eigenvalue weighted by Crippen LogP contribution is -2.55. The molecule has 2 N–H and O–H groups in total. The standard InChI is InChI=1S/C31H37F5N4O4S/c1-2-45(42,43)25-8-3-20(4-9-25)26(11-14-37)28-17-22(7-10-27(28)29(38)41)40-18-23(5-6-24(40)19-44-30(32)33)39-15-12-21(13-16-39)31(34,35)36/h3-4,7-10,17,21,23-24,26,30H,2,5-6,11-13,15-16,18-19H2,1H3,(H2,38,41)/t23-,24+,26+/m1/s1.